The second-order valence-corrected chi connectivity index (χ2v) is 4.07. The van der Waals surface area contributed by atoms with Crippen molar-refractivity contribution < 1.29 is 0 Å². The van der Waals surface area contributed by atoms with Crippen LogP contribution in [0.5, 0.6) is 0 Å². The molecule has 0 saturated heterocycles. The van der Waals surface area contributed by atoms with Gasteiger partial charge in [-0.15, -0.1) is 0 Å². The van der Waals surface area contributed by atoms with Gasteiger partial charge in [0.1, 0.15) is 10.3 Å². The number of halogens is 2. The molecule has 5 nitrogen and oxygen atoms in total. The normalized spacial score (nSPS) is 10.5. The zero-order valence-electron chi connectivity index (χ0n) is 8.48. The summed E-state index contributed by atoms with van der Waals surface area (Å²) in [4.78, 5) is 28.3. The molecule has 0 bridgehead atoms. The Hall–Kier alpha value is -1.59. The lowest BCUT2D eigenvalue weighted by molar-refractivity contribution is 0.718. The van der Waals surface area contributed by atoms with E-state index < -0.39 is 11.2 Å². The number of nitrogens with zero attached hydrogens (tertiary/aromatic N) is 2. The molecule has 2 rings (SSSR count). The molecular formula is C10H7Cl2N3O2. The van der Waals surface area contributed by atoms with Crippen molar-refractivity contribution in [1.82, 2.24) is 14.5 Å². The molecule has 0 amide bonds. The summed E-state index contributed by atoms with van der Waals surface area (Å²) in [5, 5.41) is 0.517. The number of H-pyrrole nitrogens is 1. The molecule has 0 radical (unpaired) electrons. The smallest absolute Gasteiger partial charge is 0.296 e. The van der Waals surface area contributed by atoms with Gasteiger partial charge in [-0.3, -0.25) is 14.3 Å². The lowest BCUT2D eigenvalue weighted by Gasteiger charge is -2.06. The molecule has 0 spiro atoms. The second kappa shape index (κ2) is 4.73. The largest absolute Gasteiger partial charge is 0.328 e. The average molecular weight is 272 g/mol. The highest BCUT2D eigenvalue weighted by atomic mass is 35.5. The van der Waals surface area contributed by atoms with Gasteiger partial charge in [0.2, 0.25) is 0 Å². The maximum atomic E-state index is 11.4. The molecule has 17 heavy (non-hydrogen) atoms. The average Bonchev–Trinajstić information content (AvgIpc) is 2.25. The third-order valence-electron chi connectivity index (χ3n) is 2.13. The van der Waals surface area contributed by atoms with Gasteiger partial charge in [-0.1, -0.05) is 29.3 Å². The molecule has 0 saturated carbocycles. The molecule has 7 heteroatoms. The SMILES string of the molecule is O=c1ccn(Cc2ccc(Cl)nc2Cl)c(=O)[nH]1. The van der Waals surface area contributed by atoms with Gasteiger partial charge in [-0.25, -0.2) is 9.78 Å². The van der Waals surface area contributed by atoms with Crippen LogP contribution in [0.15, 0.2) is 34.0 Å². The summed E-state index contributed by atoms with van der Waals surface area (Å²) in [6.07, 6.45) is 1.39. The van der Waals surface area contributed by atoms with Crippen molar-refractivity contribution >= 4 is 23.2 Å². The van der Waals surface area contributed by atoms with E-state index in [1.54, 1.807) is 12.1 Å². The Bertz CT molecular complexity index is 663. The van der Waals surface area contributed by atoms with Gasteiger partial charge in [0.15, 0.2) is 0 Å². The van der Waals surface area contributed by atoms with Crippen LogP contribution in [0.3, 0.4) is 0 Å². The minimum Gasteiger partial charge on any atom is -0.296 e. The van der Waals surface area contributed by atoms with Gasteiger partial charge < -0.3 is 0 Å². The van der Waals surface area contributed by atoms with Crippen molar-refractivity contribution in [3.8, 4) is 0 Å². The lowest BCUT2D eigenvalue weighted by Crippen LogP contribution is -2.28. The van der Waals surface area contributed by atoms with E-state index in [9.17, 15) is 9.59 Å². The van der Waals surface area contributed by atoms with Crippen LogP contribution in [-0.4, -0.2) is 14.5 Å². The Balaban J connectivity index is 2.38. The fraction of sp³-hybridized carbons (Fsp3) is 0.100. The van der Waals surface area contributed by atoms with E-state index >= 15 is 0 Å². The summed E-state index contributed by atoms with van der Waals surface area (Å²) in [6, 6.07) is 4.52. The van der Waals surface area contributed by atoms with Crippen molar-refractivity contribution in [3.63, 3.8) is 0 Å². The number of rotatable bonds is 2. The van der Waals surface area contributed by atoms with Crippen LogP contribution in [-0.2, 0) is 6.54 Å². The van der Waals surface area contributed by atoms with E-state index in [1.165, 1.54) is 16.8 Å². The molecule has 0 unspecified atom stereocenters. The number of pyridine rings is 1. The number of hydrogen-bond acceptors (Lipinski definition) is 3. The molecule has 0 fully saturated rings. The zero-order chi connectivity index (χ0) is 12.4. The molecule has 0 aliphatic heterocycles. The van der Waals surface area contributed by atoms with Crippen molar-refractivity contribution in [1.29, 1.82) is 0 Å². The van der Waals surface area contributed by atoms with E-state index in [4.69, 9.17) is 23.2 Å². The summed E-state index contributed by atoms with van der Waals surface area (Å²) >= 11 is 11.5. The molecule has 0 aliphatic carbocycles. The van der Waals surface area contributed by atoms with E-state index in [0.29, 0.717) is 5.56 Å². The summed E-state index contributed by atoms with van der Waals surface area (Å²) < 4.78 is 1.32. The van der Waals surface area contributed by atoms with Crippen molar-refractivity contribution in [2.75, 3.05) is 0 Å². The first-order valence-electron chi connectivity index (χ1n) is 4.67. The topological polar surface area (TPSA) is 67.8 Å². The van der Waals surface area contributed by atoms with Gasteiger partial charge in [0.25, 0.3) is 5.56 Å². The van der Waals surface area contributed by atoms with Gasteiger partial charge in [-0.2, -0.15) is 0 Å². The Morgan fingerprint density at radius 1 is 1.24 bits per heavy atom. The van der Waals surface area contributed by atoms with Crippen molar-refractivity contribution in [2.45, 2.75) is 6.54 Å². The molecule has 2 heterocycles. The number of hydrogen-bond donors (Lipinski definition) is 1. The molecule has 0 aliphatic rings. The van der Waals surface area contributed by atoms with Crippen LogP contribution in [0.2, 0.25) is 10.3 Å². The Morgan fingerprint density at radius 3 is 2.65 bits per heavy atom. The molecule has 88 valence electrons. The van der Waals surface area contributed by atoms with Gasteiger partial charge in [-0.05, 0) is 6.07 Å². The predicted octanol–water partition coefficient (Wildman–Crippen LogP) is 1.29. The van der Waals surface area contributed by atoms with Gasteiger partial charge in [0.05, 0.1) is 6.54 Å². The highest BCUT2D eigenvalue weighted by molar-refractivity contribution is 6.32. The summed E-state index contributed by atoms with van der Waals surface area (Å²) in [6.45, 7) is 0.221. The first-order valence-corrected chi connectivity index (χ1v) is 5.42. The molecule has 2 aromatic heterocycles. The Labute approximate surface area is 106 Å². The van der Waals surface area contributed by atoms with Gasteiger partial charge in [0, 0.05) is 17.8 Å². The fourth-order valence-corrected chi connectivity index (χ4v) is 1.72. The highest BCUT2D eigenvalue weighted by Gasteiger charge is 2.05. The minimum atomic E-state index is -0.497. The maximum Gasteiger partial charge on any atom is 0.328 e. The summed E-state index contributed by atoms with van der Waals surface area (Å²) in [7, 11) is 0. The van der Waals surface area contributed by atoms with E-state index in [2.05, 4.69) is 9.97 Å². The van der Waals surface area contributed by atoms with Crippen LogP contribution < -0.4 is 11.2 Å². The first-order chi connectivity index (χ1) is 8.06. The second-order valence-electron chi connectivity index (χ2n) is 3.32. The number of aromatic amines is 1. The monoisotopic (exact) mass is 271 g/mol. The number of aromatic nitrogens is 3. The zero-order valence-corrected chi connectivity index (χ0v) is 10.00. The van der Waals surface area contributed by atoms with Crippen LogP contribution in [0.1, 0.15) is 5.56 Å². The van der Waals surface area contributed by atoms with E-state index in [1.807, 2.05) is 0 Å². The fourth-order valence-electron chi connectivity index (χ4n) is 1.31. The van der Waals surface area contributed by atoms with Crippen LogP contribution in [0.4, 0.5) is 0 Å². The highest BCUT2D eigenvalue weighted by Crippen LogP contribution is 2.16. The lowest BCUT2D eigenvalue weighted by atomic mass is 10.3. The first kappa shape index (κ1) is 11.9. The van der Waals surface area contributed by atoms with Crippen molar-refractivity contribution in [2.24, 2.45) is 0 Å². The standard InChI is InChI=1S/C10H7Cl2N3O2/c11-7-2-1-6(9(12)13-7)5-15-4-3-8(16)14-10(15)17/h1-4H,5H2,(H,14,16,17). The Kier molecular flexibility index (Phi) is 3.31. The van der Waals surface area contributed by atoms with Gasteiger partial charge >= 0.3 is 5.69 Å². The predicted molar refractivity (Wildman–Crippen MR) is 64.7 cm³/mol. The van der Waals surface area contributed by atoms with E-state index in [-0.39, 0.29) is 16.9 Å². The maximum absolute atomic E-state index is 11.4. The van der Waals surface area contributed by atoms with Crippen LogP contribution in [0, 0.1) is 0 Å². The van der Waals surface area contributed by atoms with Crippen molar-refractivity contribution in [3.05, 3.63) is 61.1 Å². The summed E-state index contributed by atoms with van der Waals surface area (Å²) in [5.74, 6) is 0. The van der Waals surface area contributed by atoms with Crippen LogP contribution >= 0.6 is 23.2 Å². The molecule has 2 aromatic rings. The minimum absolute atomic E-state index is 0.221. The van der Waals surface area contributed by atoms with Crippen LogP contribution in [0.25, 0.3) is 0 Å². The quantitative estimate of drug-likeness (QED) is 0.837. The molecular weight excluding hydrogens is 265 g/mol. The number of nitrogens with one attached hydrogen (secondary N) is 1. The molecule has 0 aromatic carbocycles. The third-order valence-corrected chi connectivity index (χ3v) is 2.67. The Morgan fingerprint density at radius 2 is 2.00 bits per heavy atom. The molecule has 1 N–H and O–H groups in total. The van der Waals surface area contributed by atoms with E-state index in [0.717, 1.165) is 0 Å². The summed E-state index contributed by atoms with van der Waals surface area (Å²) in [5.41, 5.74) is -0.291. The third kappa shape index (κ3) is 2.75. The molecule has 0 atom stereocenters.